The molecule has 2 N–H and O–H groups in total. The van der Waals surface area contributed by atoms with Gasteiger partial charge >= 0.3 is 0 Å². The quantitative estimate of drug-likeness (QED) is 0.917. The maximum Gasteiger partial charge on any atom is 0.132 e. The zero-order chi connectivity index (χ0) is 14.5. The molecule has 2 rings (SSSR count). The highest BCUT2D eigenvalue weighted by Gasteiger charge is 2.09. The van der Waals surface area contributed by atoms with Gasteiger partial charge in [-0.1, -0.05) is 36.2 Å². The van der Waals surface area contributed by atoms with Gasteiger partial charge in [-0.3, -0.25) is 0 Å². The van der Waals surface area contributed by atoms with E-state index >= 15 is 0 Å². The second kappa shape index (κ2) is 7.02. The minimum Gasteiger partial charge on any atom is -0.327 e. The van der Waals surface area contributed by atoms with Gasteiger partial charge < -0.3 is 5.73 Å². The van der Waals surface area contributed by atoms with Crippen molar-refractivity contribution in [3.05, 3.63) is 57.6 Å². The van der Waals surface area contributed by atoms with Gasteiger partial charge in [-0.15, -0.1) is 0 Å². The second-order valence-electron chi connectivity index (χ2n) is 4.76. The summed E-state index contributed by atoms with van der Waals surface area (Å²) in [7, 11) is 0. The summed E-state index contributed by atoms with van der Waals surface area (Å²) in [6.45, 7) is 2.07. The van der Waals surface area contributed by atoms with Gasteiger partial charge in [-0.25, -0.2) is 9.97 Å². The molecule has 0 aliphatic heterocycles. The summed E-state index contributed by atoms with van der Waals surface area (Å²) in [5.41, 5.74) is 7.82. The van der Waals surface area contributed by atoms with E-state index < -0.39 is 0 Å². The third-order valence-electron chi connectivity index (χ3n) is 3.18. The molecular weight excluding hydrogens is 293 g/mol. The Morgan fingerprint density at radius 3 is 2.30 bits per heavy atom. The molecular formula is C15H17Cl2N3. The smallest absolute Gasteiger partial charge is 0.132 e. The number of nitrogens with zero attached hydrogens (tertiary/aromatic N) is 2. The maximum atomic E-state index is 6.14. The Labute approximate surface area is 129 Å². The summed E-state index contributed by atoms with van der Waals surface area (Å²) in [6.07, 6.45) is 5.91. The Bertz CT molecular complexity index is 550. The molecule has 0 amide bonds. The monoisotopic (exact) mass is 309 g/mol. The molecule has 1 unspecified atom stereocenters. The van der Waals surface area contributed by atoms with Crippen molar-refractivity contribution in [1.29, 1.82) is 0 Å². The van der Waals surface area contributed by atoms with Gasteiger partial charge in [0.1, 0.15) is 5.82 Å². The highest BCUT2D eigenvalue weighted by Crippen LogP contribution is 2.25. The van der Waals surface area contributed by atoms with Gasteiger partial charge in [0.05, 0.1) is 0 Å². The summed E-state index contributed by atoms with van der Waals surface area (Å²) in [5, 5.41) is 1.27. The van der Waals surface area contributed by atoms with Crippen LogP contribution in [-0.4, -0.2) is 16.0 Å². The number of hydrogen-bond donors (Lipinski definition) is 1. The number of hydrogen-bond acceptors (Lipinski definition) is 3. The van der Waals surface area contributed by atoms with Crippen LogP contribution in [0.1, 0.15) is 30.3 Å². The van der Waals surface area contributed by atoms with E-state index in [4.69, 9.17) is 28.9 Å². The van der Waals surface area contributed by atoms with Crippen molar-refractivity contribution in [3.63, 3.8) is 0 Å². The molecule has 2 aromatic rings. The van der Waals surface area contributed by atoms with E-state index in [1.54, 1.807) is 0 Å². The summed E-state index contributed by atoms with van der Waals surface area (Å²) in [4.78, 5) is 8.72. The minimum absolute atomic E-state index is 0.155. The SMILES string of the molecule is CCC(N)Cc1cnc(Cc2c(Cl)cccc2Cl)nc1. The first-order valence-electron chi connectivity index (χ1n) is 6.58. The first-order chi connectivity index (χ1) is 9.60. The third-order valence-corrected chi connectivity index (χ3v) is 3.89. The summed E-state index contributed by atoms with van der Waals surface area (Å²) in [5.74, 6) is 0.703. The van der Waals surface area contributed by atoms with Crippen LogP contribution in [0, 0.1) is 0 Å². The molecule has 1 atom stereocenters. The zero-order valence-electron chi connectivity index (χ0n) is 11.3. The Morgan fingerprint density at radius 1 is 1.15 bits per heavy atom. The van der Waals surface area contributed by atoms with Crippen LogP contribution in [0.2, 0.25) is 10.0 Å². The van der Waals surface area contributed by atoms with Crippen molar-refractivity contribution < 1.29 is 0 Å². The third kappa shape index (κ3) is 3.92. The highest BCUT2D eigenvalue weighted by atomic mass is 35.5. The molecule has 0 saturated carbocycles. The molecule has 0 bridgehead atoms. The van der Waals surface area contributed by atoms with E-state index in [1.165, 1.54) is 0 Å². The van der Waals surface area contributed by atoms with Gasteiger partial charge in [-0.2, -0.15) is 0 Å². The average Bonchev–Trinajstić information content (AvgIpc) is 2.44. The number of benzene rings is 1. The summed E-state index contributed by atoms with van der Waals surface area (Å²) < 4.78 is 0. The van der Waals surface area contributed by atoms with Crippen LogP contribution < -0.4 is 5.73 Å². The predicted octanol–water partition coefficient (Wildman–Crippen LogP) is 3.65. The molecule has 0 saturated heterocycles. The number of halogens is 2. The van der Waals surface area contributed by atoms with Crippen LogP contribution in [0.25, 0.3) is 0 Å². The Kier molecular flexibility index (Phi) is 5.35. The molecule has 1 heterocycles. The highest BCUT2D eigenvalue weighted by molar-refractivity contribution is 6.36. The van der Waals surface area contributed by atoms with Crippen molar-refractivity contribution in [3.8, 4) is 0 Å². The van der Waals surface area contributed by atoms with E-state index in [2.05, 4.69) is 16.9 Å². The van der Waals surface area contributed by atoms with Crippen LogP contribution >= 0.6 is 23.2 Å². The Balaban J connectivity index is 2.11. The standard InChI is InChI=1S/C15H17Cl2N3/c1-2-11(18)6-10-8-19-15(20-9-10)7-12-13(16)4-3-5-14(12)17/h3-5,8-9,11H,2,6-7,18H2,1H3. The molecule has 5 heteroatoms. The number of aromatic nitrogens is 2. The maximum absolute atomic E-state index is 6.14. The number of rotatable bonds is 5. The Morgan fingerprint density at radius 2 is 1.75 bits per heavy atom. The summed E-state index contributed by atoms with van der Waals surface area (Å²) in [6, 6.07) is 5.61. The second-order valence-corrected chi connectivity index (χ2v) is 5.57. The molecule has 20 heavy (non-hydrogen) atoms. The van der Waals surface area contributed by atoms with Gasteiger partial charge in [0, 0.05) is 34.9 Å². The van der Waals surface area contributed by atoms with Crippen LogP contribution in [0.4, 0.5) is 0 Å². The molecule has 0 radical (unpaired) electrons. The fourth-order valence-corrected chi connectivity index (χ4v) is 2.42. The van der Waals surface area contributed by atoms with Gasteiger partial charge in [0.15, 0.2) is 0 Å². The van der Waals surface area contributed by atoms with E-state index in [0.717, 1.165) is 24.0 Å². The van der Waals surface area contributed by atoms with Gasteiger partial charge in [-0.05, 0) is 36.1 Å². The lowest BCUT2D eigenvalue weighted by atomic mass is 10.1. The molecule has 3 nitrogen and oxygen atoms in total. The van der Waals surface area contributed by atoms with Crippen molar-refractivity contribution in [2.75, 3.05) is 0 Å². The first kappa shape index (κ1) is 15.2. The lowest BCUT2D eigenvalue weighted by Crippen LogP contribution is -2.21. The van der Waals surface area contributed by atoms with Gasteiger partial charge in [0.2, 0.25) is 0 Å². The normalized spacial score (nSPS) is 12.4. The van der Waals surface area contributed by atoms with Crippen LogP contribution in [-0.2, 0) is 12.8 Å². The largest absolute Gasteiger partial charge is 0.327 e. The van der Waals surface area contributed by atoms with Crippen molar-refractivity contribution in [2.24, 2.45) is 5.73 Å². The molecule has 0 spiro atoms. The molecule has 1 aromatic heterocycles. The Hall–Kier alpha value is -1.16. The fourth-order valence-electron chi connectivity index (χ4n) is 1.88. The topological polar surface area (TPSA) is 51.8 Å². The van der Waals surface area contributed by atoms with Crippen molar-refractivity contribution in [2.45, 2.75) is 32.2 Å². The first-order valence-corrected chi connectivity index (χ1v) is 7.34. The lowest BCUT2D eigenvalue weighted by Gasteiger charge is -2.09. The van der Waals surface area contributed by atoms with E-state index in [0.29, 0.717) is 22.3 Å². The molecule has 0 aliphatic carbocycles. The molecule has 106 valence electrons. The van der Waals surface area contributed by atoms with Crippen LogP contribution in [0.15, 0.2) is 30.6 Å². The average molecular weight is 310 g/mol. The van der Waals surface area contributed by atoms with Crippen molar-refractivity contribution in [1.82, 2.24) is 9.97 Å². The molecule has 0 aliphatic rings. The van der Waals surface area contributed by atoms with Gasteiger partial charge in [0.25, 0.3) is 0 Å². The van der Waals surface area contributed by atoms with Crippen LogP contribution in [0.3, 0.4) is 0 Å². The zero-order valence-corrected chi connectivity index (χ0v) is 12.8. The summed E-state index contributed by atoms with van der Waals surface area (Å²) >= 11 is 12.3. The van der Waals surface area contributed by atoms with E-state index in [9.17, 15) is 0 Å². The van der Waals surface area contributed by atoms with E-state index in [-0.39, 0.29) is 6.04 Å². The number of nitrogens with two attached hydrogens (primary N) is 1. The van der Waals surface area contributed by atoms with E-state index in [1.807, 2.05) is 30.6 Å². The predicted molar refractivity (Wildman–Crippen MR) is 83.3 cm³/mol. The lowest BCUT2D eigenvalue weighted by molar-refractivity contribution is 0.642. The fraction of sp³-hybridized carbons (Fsp3) is 0.333. The van der Waals surface area contributed by atoms with Crippen molar-refractivity contribution >= 4 is 23.2 Å². The molecule has 0 fully saturated rings. The minimum atomic E-state index is 0.155. The molecule has 1 aromatic carbocycles. The van der Waals surface area contributed by atoms with Crippen LogP contribution in [0.5, 0.6) is 0 Å².